The largest absolute Gasteiger partial charge is 0.480 e. The average molecular weight is 253 g/mol. The van der Waals surface area contributed by atoms with E-state index in [0.717, 1.165) is 6.92 Å². The standard InChI is InChI=1S/C7H6F3N3O4/c1-3(6(14)15)12-2-4(13(16)17)5(11-12)7(8,9)10/h2-3H,1H3,(H,14,15)/t3-/m1/s1. The first-order valence-electron chi connectivity index (χ1n) is 4.18. The van der Waals surface area contributed by atoms with Crippen LogP contribution in [0.15, 0.2) is 6.20 Å². The molecule has 17 heavy (non-hydrogen) atoms. The highest BCUT2D eigenvalue weighted by atomic mass is 19.4. The number of halogens is 3. The summed E-state index contributed by atoms with van der Waals surface area (Å²) in [5, 5.41) is 21.8. The third-order valence-corrected chi connectivity index (χ3v) is 1.93. The maximum Gasteiger partial charge on any atom is 0.442 e. The number of nitrogens with zero attached hydrogens (tertiary/aromatic N) is 3. The van der Waals surface area contributed by atoms with Gasteiger partial charge < -0.3 is 5.11 Å². The van der Waals surface area contributed by atoms with Gasteiger partial charge >= 0.3 is 17.8 Å². The third-order valence-electron chi connectivity index (χ3n) is 1.93. The van der Waals surface area contributed by atoms with Gasteiger partial charge in [-0.05, 0) is 6.92 Å². The first kappa shape index (κ1) is 12.9. The molecule has 0 aliphatic heterocycles. The number of carbonyl (C=O) groups is 1. The SMILES string of the molecule is C[C@H](C(=O)O)n1cc([N+](=O)[O-])c(C(F)(F)F)n1. The van der Waals surface area contributed by atoms with Gasteiger partial charge in [0, 0.05) is 0 Å². The van der Waals surface area contributed by atoms with Crippen molar-refractivity contribution < 1.29 is 28.0 Å². The van der Waals surface area contributed by atoms with E-state index in [9.17, 15) is 28.1 Å². The molecule has 1 rings (SSSR count). The molecule has 0 fully saturated rings. The summed E-state index contributed by atoms with van der Waals surface area (Å²) in [7, 11) is 0. The minimum Gasteiger partial charge on any atom is -0.480 e. The molecule has 1 atom stereocenters. The molecule has 0 amide bonds. The molecule has 0 aliphatic rings. The Hall–Kier alpha value is -2.13. The lowest BCUT2D eigenvalue weighted by atomic mass is 10.3. The van der Waals surface area contributed by atoms with Crippen molar-refractivity contribution in [3.05, 3.63) is 22.0 Å². The lowest BCUT2D eigenvalue weighted by Gasteiger charge is -2.05. The fourth-order valence-corrected chi connectivity index (χ4v) is 1.03. The maximum atomic E-state index is 12.4. The molecule has 1 N–H and O–H groups in total. The van der Waals surface area contributed by atoms with Crippen LogP contribution in [-0.2, 0) is 11.0 Å². The highest BCUT2D eigenvalue weighted by molar-refractivity contribution is 5.71. The number of hydrogen-bond donors (Lipinski definition) is 1. The van der Waals surface area contributed by atoms with E-state index >= 15 is 0 Å². The van der Waals surface area contributed by atoms with Crippen molar-refractivity contribution in [2.24, 2.45) is 0 Å². The van der Waals surface area contributed by atoms with Gasteiger partial charge in [-0.2, -0.15) is 18.3 Å². The Morgan fingerprint density at radius 3 is 2.47 bits per heavy atom. The Kier molecular flexibility index (Phi) is 3.07. The van der Waals surface area contributed by atoms with Crippen molar-refractivity contribution in [3.8, 4) is 0 Å². The Morgan fingerprint density at radius 2 is 2.18 bits per heavy atom. The minimum absolute atomic E-state index is 0.392. The van der Waals surface area contributed by atoms with E-state index in [4.69, 9.17) is 5.11 Å². The van der Waals surface area contributed by atoms with Crippen molar-refractivity contribution in [1.82, 2.24) is 9.78 Å². The summed E-state index contributed by atoms with van der Waals surface area (Å²) in [5.74, 6) is -1.45. The molecule has 0 bridgehead atoms. The van der Waals surface area contributed by atoms with E-state index in [-0.39, 0.29) is 0 Å². The highest BCUT2D eigenvalue weighted by Gasteiger charge is 2.43. The molecule has 0 radical (unpaired) electrons. The van der Waals surface area contributed by atoms with Crippen LogP contribution in [0.2, 0.25) is 0 Å². The summed E-state index contributed by atoms with van der Waals surface area (Å²) in [6.07, 6.45) is -4.56. The van der Waals surface area contributed by atoms with Crippen molar-refractivity contribution >= 4 is 11.7 Å². The quantitative estimate of drug-likeness (QED) is 0.649. The van der Waals surface area contributed by atoms with Crippen LogP contribution in [-0.4, -0.2) is 25.8 Å². The van der Waals surface area contributed by atoms with Gasteiger partial charge in [-0.1, -0.05) is 0 Å². The predicted octanol–water partition coefficient (Wildman–Crippen LogP) is 1.46. The number of carboxylic acids is 1. The van der Waals surface area contributed by atoms with Crippen LogP contribution < -0.4 is 0 Å². The van der Waals surface area contributed by atoms with Gasteiger partial charge in [0.15, 0.2) is 0 Å². The lowest BCUT2D eigenvalue weighted by Crippen LogP contribution is -2.17. The molecule has 10 heteroatoms. The molecule has 0 aromatic carbocycles. The summed E-state index contributed by atoms with van der Waals surface area (Å²) in [6.45, 7) is 1.05. The second-order valence-electron chi connectivity index (χ2n) is 3.11. The smallest absolute Gasteiger partial charge is 0.442 e. The zero-order chi connectivity index (χ0) is 13.4. The van der Waals surface area contributed by atoms with Gasteiger partial charge in [-0.25, -0.2) is 4.79 Å². The molecule has 0 saturated heterocycles. The number of alkyl halides is 3. The van der Waals surface area contributed by atoms with E-state index in [2.05, 4.69) is 5.10 Å². The Morgan fingerprint density at radius 1 is 1.65 bits per heavy atom. The van der Waals surface area contributed by atoms with Crippen LogP contribution in [0.5, 0.6) is 0 Å². The van der Waals surface area contributed by atoms with Gasteiger partial charge in [0.25, 0.3) is 0 Å². The van der Waals surface area contributed by atoms with E-state index in [1.54, 1.807) is 0 Å². The Balaban J connectivity index is 3.32. The molecule has 0 unspecified atom stereocenters. The zero-order valence-corrected chi connectivity index (χ0v) is 8.30. The minimum atomic E-state index is -5.01. The second kappa shape index (κ2) is 4.03. The molecule has 0 aliphatic carbocycles. The van der Waals surface area contributed by atoms with E-state index in [0.29, 0.717) is 10.9 Å². The molecule has 1 aromatic heterocycles. The van der Waals surface area contributed by atoms with Crippen LogP contribution in [0.4, 0.5) is 18.9 Å². The molecule has 1 aromatic rings. The molecule has 94 valence electrons. The van der Waals surface area contributed by atoms with Crippen LogP contribution in [0.3, 0.4) is 0 Å². The van der Waals surface area contributed by atoms with E-state index in [1.165, 1.54) is 0 Å². The van der Waals surface area contributed by atoms with Crippen LogP contribution in [0.1, 0.15) is 18.7 Å². The molecule has 1 heterocycles. The normalized spacial score (nSPS) is 13.4. The van der Waals surface area contributed by atoms with Crippen LogP contribution in [0.25, 0.3) is 0 Å². The van der Waals surface area contributed by atoms with Crippen LogP contribution in [0, 0.1) is 10.1 Å². The molecular formula is C7H6F3N3O4. The van der Waals surface area contributed by atoms with Gasteiger partial charge in [0.1, 0.15) is 12.2 Å². The number of aliphatic carboxylic acids is 1. The first-order chi connectivity index (χ1) is 7.64. The number of rotatable bonds is 3. The monoisotopic (exact) mass is 253 g/mol. The Labute approximate surface area is 91.6 Å². The Bertz CT molecular complexity index is 467. The number of carboxylic acid groups (broad SMARTS) is 1. The van der Waals surface area contributed by atoms with Crippen molar-refractivity contribution in [2.45, 2.75) is 19.1 Å². The molecular weight excluding hydrogens is 247 g/mol. The van der Waals surface area contributed by atoms with Gasteiger partial charge in [0.05, 0.1) is 4.92 Å². The molecule has 0 spiro atoms. The van der Waals surface area contributed by atoms with E-state index in [1.807, 2.05) is 0 Å². The fourth-order valence-electron chi connectivity index (χ4n) is 1.03. The van der Waals surface area contributed by atoms with Crippen LogP contribution >= 0.6 is 0 Å². The van der Waals surface area contributed by atoms with Crippen molar-refractivity contribution in [1.29, 1.82) is 0 Å². The van der Waals surface area contributed by atoms with Gasteiger partial charge in [0.2, 0.25) is 5.69 Å². The second-order valence-corrected chi connectivity index (χ2v) is 3.11. The first-order valence-corrected chi connectivity index (χ1v) is 4.18. The van der Waals surface area contributed by atoms with Gasteiger partial charge in [-0.3, -0.25) is 14.8 Å². The van der Waals surface area contributed by atoms with E-state index < -0.39 is 34.5 Å². The topological polar surface area (TPSA) is 98.3 Å². The third kappa shape index (κ3) is 2.52. The van der Waals surface area contributed by atoms with Crippen molar-refractivity contribution in [3.63, 3.8) is 0 Å². The summed E-state index contributed by atoms with van der Waals surface area (Å²) in [4.78, 5) is 19.6. The highest BCUT2D eigenvalue weighted by Crippen LogP contribution is 2.35. The number of nitro groups is 1. The predicted molar refractivity (Wildman–Crippen MR) is 46.2 cm³/mol. The fraction of sp³-hybridized carbons (Fsp3) is 0.429. The summed E-state index contributed by atoms with van der Waals surface area (Å²) in [6, 6.07) is -1.43. The number of aromatic nitrogens is 2. The molecule has 7 nitrogen and oxygen atoms in total. The maximum absolute atomic E-state index is 12.4. The summed E-state index contributed by atoms with van der Waals surface area (Å²) >= 11 is 0. The lowest BCUT2D eigenvalue weighted by molar-refractivity contribution is -0.388. The number of hydrogen-bond acceptors (Lipinski definition) is 4. The van der Waals surface area contributed by atoms with Gasteiger partial charge in [-0.15, -0.1) is 0 Å². The van der Waals surface area contributed by atoms with Crippen molar-refractivity contribution in [2.75, 3.05) is 0 Å². The summed E-state index contributed by atoms with van der Waals surface area (Å²) in [5.41, 5.74) is -2.98. The molecule has 0 saturated carbocycles. The zero-order valence-electron chi connectivity index (χ0n) is 8.30. The average Bonchev–Trinajstić information content (AvgIpc) is 2.59. The summed E-state index contributed by atoms with van der Waals surface area (Å²) < 4.78 is 37.5.